The smallest absolute Gasteiger partial charge is 0.243 e. The molecule has 178 valence electrons. The van der Waals surface area contributed by atoms with Crippen molar-refractivity contribution >= 4 is 33.4 Å². The first kappa shape index (κ1) is 23.1. The third kappa shape index (κ3) is 5.05. The average Bonchev–Trinajstić information content (AvgIpc) is 3.61. The molecule has 0 unspecified atom stereocenters. The molecule has 1 saturated carbocycles. The summed E-state index contributed by atoms with van der Waals surface area (Å²) in [6.07, 6.45) is 5.97. The van der Waals surface area contributed by atoms with Crippen molar-refractivity contribution in [3.63, 3.8) is 0 Å². The van der Waals surface area contributed by atoms with Crippen LogP contribution in [0.2, 0.25) is 0 Å². The largest absolute Gasteiger partial charge is 0.379 e. The fourth-order valence-electron chi connectivity index (χ4n) is 3.91. The van der Waals surface area contributed by atoms with E-state index in [0.29, 0.717) is 38.0 Å². The zero-order valence-corrected chi connectivity index (χ0v) is 20.2. The van der Waals surface area contributed by atoms with Crippen molar-refractivity contribution in [1.82, 2.24) is 13.9 Å². The fraction of sp³-hybridized carbons (Fsp3) is 0.333. The number of hydrogen-bond donors (Lipinski definition) is 1. The van der Waals surface area contributed by atoms with Crippen LogP contribution in [0.5, 0.6) is 0 Å². The summed E-state index contributed by atoms with van der Waals surface area (Å²) in [4.78, 5) is 18.1. The molecule has 8 nitrogen and oxygen atoms in total. The lowest BCUT2D eigenvalue weighted by atomic mass is 10.1. The van der Waals surface area contributed by atoms with Crippen molar-refractivity contribution in [3.8, 4) is 0 Å². The number of hydrogen-bond acceptors (Lipinski definition) is 6. The Morgan fingerprint density at radius 1 is 1.09 bits per heavy atom. The van der Waals surface area contributed by atoms with E-state index in [2.05, 4.69) is 14.9 Å². The number of carbonyl (C=O) groups excluding carboxylic acids is 1. The quantitative estimate of drug-likeness (QED) is 0.476. The molecule has 2 heterocycles. The van der Waals surface area contributed by atoms with Gasteiger partial charge in [-0.1, -0.05) is 48.2 Å². The summed E-state index contributed by atoms with van der Waals surface area (Å²) >= 11 is 1.40. The molecular weight excluding hydrogens is 472 g/mol. The molecule has 1 amide bonds. The minimum atomic E-state index is -3.66. The van der Waals surface area contributed by atoms with Crippen molar-refractivity contribution in [2.75, 3.05) is 31.6 Å². The normalized spacial score (nSPS) is 17.9. The van der Waals surface area contributed by atoms with Crippen LogP contribution in [0.3, 0.4) is 0 Å². The third-order valence-corrected chi connectivity index (χ3v) is 8.99. The van der Waals surface area contributed by atoms with Gasteiger partial charge in [-0.2, -0.15) is 4.31 Å². The van der Waals surface area contributed by atoms with E-state index in [1.54, 1.807) is 24.4 Å². The average molecular weight is 499 g/mol. The van der Waals surface area contributed by atoms with Gasteiger partial charge < -0.3 is 14.6 Å². The van der Waals surface area contributed by atoms with Gasteiger partial charge in [0.2, 0.25) is 15.9 Å². The van der Waals surface area contributed by atoms with E-state index in [-0.39, 0.29) is 10.8 Å². The molecule has 0 radical (unpaired) electrons. The van der Waals surface area contributed by atoms with Crippen molar-refractivity contribution in [2.24, 2.45) is 0 Å². The molecule has 1 aliphatic heterocycles. The second-order valence-electron chi connectivity index (χ2n) is 8.29. The van der Waals surface area contributed by atoms with Crippen molar-refractivity contribution in [1.29, 1.82) is 0 Å². The SMILES string of the molecule is O=C(Nc1cccc(S(=O)(=O)N2CCOCC2)c1)[C@@H](Sc1nccn1C1CC1)c1ccccc1. The molecule has 0 spiro atoms. The van der Waals surface area contributed by atoms with E-state index >= 15 is 0 Å². The number of aromatic nitrogens is 2. The molecule has 1 saturated heterocycles. The van der Waals surface area contributed by atoms with Crippen LogP contribution in [-0.2, 0) is 19.6 Å². The van der Waals surface area contributed by atoms with E-state index in [9.17, 15) is 13.2 Å². The van der Waals surface area contributed by atoms with Gasteiger partial charge in [0, 0.05) is 37.2 Å². The Hall–Kier alpha value is -2.66. The number of morpholine rings is 1. The van der Waals surface area contributed by atoms with Gasteiger partial charge in [-0.05, 0) is 36.6 Å². The van der Waals surface area contributed by atoms with E-state index < -0.39 is 15.3 Å². The molecule has 0 bridgehead atoms. The number of ether oxygens (including phenoxy) is 1. The summed E-state index contributed by atoms with van der Waals surface area (Å²) in [7, 11) is -3.66. The fourth-order valence-corrected chi connectivity index (χ4v) is 6.48. The standard InChI is InChI=1S/C24H26N4O4S2/c29-23(26-19-7-4-8-21(17-19)34(30,31)27-13-15-32-16-14-27)22(18-5-2-1-3-6-18)33-24-25-11-12-28(24)20-9-10-20/h1-8,11-12,17,20,22H,9-10,13-16H2,(H,26,29)/t22-/m0/s1. The first-order valence-electron chi connectivity index (χ1n) is 11.3. The predicted octanol–water partition coefficient (Wildman–Crippen LogP) is 3.71. The molecular formula is C24H26N4O4S2. The number of rotatable bonds is 8. The van der Waals surface area contributed by atoms with Crippen LogP contribution in [0.25, 0.3) is 0 Å². The Labute approximate surface area is 203 Å². The van der Waals surface area contributed by atoms with Crippen LogP contribution in [0.4, 0.5) is 5.69 Å². The lowest BCUT2D eigenvalue weighted by Gasteiger charge is -2.26. The molecule has 1 aliphatic carbocycles. The Balaban J connectivity index is 1.38. The molecule has 5 rings (SSSR count). The maximum absolute atomic E-state index is 13.5. The van der Waals surface area contributed by atoms with Gasteiger partial charge in [0.25, 0.3) is 0 Å². The summed E-state index contributed by atoms with van der Waals surface area (Å²) in [5.41, 5.74) is 1.29. The summed E-state index contributed by atoms with van der Waals surface area (Å²) in [5.74, 6) is -0.234. The number of benzene rings is 2. The van der Waals surface area contributed by atoms with Crippen molar-refractivity contribution in [3.05, 3.63) is 72.6 Å². The second-order valence-corrected chi connectivity index (χ2v) is 11.3. The molecule has 1 aromatic heterocycles. The first-order valence-corrected chi connectivity index (χ1v) is 13.6. The Morgan fingerprint density at radius 3 is 2.59 bits per heavy atom. The summed E-state index contributed by atoms with van der Waals surface area (Å²) in [6, 6.07) is 16.4. The van der Waals surface area contributed by atoms with Crippen LogP contribution in [0.15, 0.2) is 77.0 Å². The maximum Gasteiger partial charge on any atom is 0.243 e. The number of sulfonamides is 1. The molecule has 2 aliphatic rings. The summed E-state index contributed by atoms with van der Waals surface area (Å²) < 4.78 is 34.9. The van der Waals surface area contributed by atoms with Gasteiger partial charge >= 0.3 is 0 Å². The van der Waals surface area contributed by atoms with Crippen LogP contribution in [0, 0.1) is 0 Å². The highest BCUT2D eigenvalue weighted by atomic mass is 32.2. The first-order chi connectivity index (χ1) is 16.5. The Bertz CT molecular complexity index is 1250. The number of carbonyl (C=O) groups is 1. The highest BCUT2D eigenvalue weighted by molar-refractivity contribution is 8.00. The molecule has 1 N–H and O–H groups in total. The summed E-state index contributed by atoms with van der Waals surface area (Å²) in [6.45, 7) is 1.39. The number of nitrogens with one attached hydrogen (secondary N) is 1. The van der Waals surface area contributed by atoms with E-state index in [0.717, 1.165) is 23.6 Å². The lowest BCUT2D eigenvalue weighted by Crippen LogP contribution is -2.40. The molecule has 3 aromatic rings. The number of amides is 1. The van der Waals surface area contributed by atoms with Gasteiger partial charge in [-0.3, -0.25) is 4.79 Å². The monoisotopic (exact) mass is 498 g/mol. The highest BCUT2D eigenvalue weighted by Gasteiger charge is 2.30. The number of thioether (sulfide) groups is 1. The molecule has 1 atom stereocenters. The number of imidazole rings is 1. The van der Waals surface area contributed by atoms with E-state index in [1.165, 1.54) is 22.1 Å². The summed E-state index contributed by atoms with van der Waals surface area (Å²) in [5, 5.41) is 3.19. The van der Waals surface area contributed by atoms with Crippen LogP contribution < -0.4 is 5.32 Å². The van der Waals surface area contributed by atoms with Gasteiger partial charge in [0.1, 0.15) is 5.25 Å². The highest BCUT2D eigenvalue weighted by Crippen LogP contribution is 2.41. The Morgan fingerprint density at radius 2 is 1.85 bits per heavy atom. The predicted molar refractivity (Wildman–Crippen MR) is 130 cm³/mol. The van der Waals surface area contributed by atoms with Crippen LogP contribution in [-0.4, -0.2) is 54.5 Å². The zero-order valence-electron chi connectivity index (χ0n) is 18.5. The van der Waals surface area contributed by atoms with Gasteiger partial charge in [0.15, 0.2) is 5.16 Å². The van der Waals surface area contributed by atoms with Crippen molar-refractivity contribution in [2.45, 2.75) is 34.2 Å². The van der Waals surface area contributed by atoms with Gasteiger partial charge in [0.05, 0.1) is 18.1 Å². The minimum Gasteiger partial charge on any atom is -0.379 e. The number of nitrogens with zero attached hydrogens (tertiary/aromatic N) is 3. The van der Waals surface area contributed by atoms with Gasteiger partial charge in [-0.25, -0.2) is 13.4 Å². The molecule has 2 aromatic carbocycles. The molecule has 34 heavy (non-hydrogen) atoms. The van der Waals surface area contributed by atoms with Crippen molar-refractivity contribution < 1.29 is 17.9 Å². The molecule has 10 heteroatoms. The van der Waals surface area contributed by atoms with Gasteiger partial charge in [-0.15, -0.1) is 0 Å². The van der Waals surface area contributed by atoms with E-state index in [4.69, 9.17) is 4.74 Å². The lowest BCUT2D eigenvalue weighted by molar-refractivity contribution is -0.115. The zero-order chi connectivity index (χ0) is 23.5. The number of anilines is 1. The Kier molecular flexibility index (Phi) is 6.73. The molecule has 2 fully saturated rings. The minimum absolute atomic E-state index is 0.153. The maximum atomic E-state index is 13.5. The van der Waals surface area contributed by atoms with Crippen LogP contribution in [0.1, 0.15) is 29.7 Å². The van der Waals surface area contributed by atoms with Crippen LogP contribution >= 0.6 is 11.8 Å². The second kappa shape index (κ2) is 9.91. The third-order valence-electron chi connectivity index (χ3n) is 5.85. The topological polar surface area (TPSA) is 93.5 Å². The van der Waals surface area contributed by atoms with E-state index in [1.807, 2.05) is 36.5 Å².